The number of hydrogen-bond acceptors (Lipinski definition) is 5. The summed E-state index contributed by atoms with van der Waals surface area (Å²) in [6, 6.07) is 6.26. The van der Waals surface area contributed by atoms with Crippen LogP contribution in [-0.2, 0) is 19.6 Å². The van der Waals surface area contributed by atoms with Crippen LogP contribution in [0.25, 0.3) is 0 Å². The predicted octanol–water partition coefficient (Wildman–Crippen LogP) is 2.25. The summed E-state index contributed by atoms with van der Waals surface area (Å²) in [5, 5.41) is 4.15. The third-order valence-corrected chi connectivity index (χ3v) is 5.95. The van der Waals surface area contributed by atoms with Crippen LogP contribution in [0.5, 0.6) is 0 Å². The lowest BCUT2D eigenvalue weighted by molar-refractivity contribution is -0.135. The topological polar surface area (TPSA) is 76.0 Å². The summed E-state index contributed by atoms with van der Waals surface area (Å²) in [4.78, 5) is 12.2. The highest BCUT2D eigenvalue weighted by Gasteiger charge is 2.41. The third-order valence-electron chi connectivity index (χ3n) is 4.26. The van der Waals surface area contributed by atoms with E-state index in [1.54, 1.807) is 31.2 Å². The molecule has 0 spiro atoms. The molecule has 0 aromatic heterocycles. The average Bonchev–Trinajstić information content (AvgIpc) is 3.02. The molecular formula is C17H20N2O4S. The van der Waals surface area contributed by atoms with E-state index in [0.717, 1.165) is 16.4 Å². The monoisotopic (exact) mass is 348 g/mol. The summed E-state index contributed by atoms with van der Waals surface area (Å²) >= 11 is 0. The van der Waals surface area contributed by atoms with Crippen molar-refractivity contribution in [1.29, 1.82) is 0 Å². The molecule has 128 valence electrons. The van der Waals surface area contributed by atoms with Crippen molar-refractivity contribution < 1.29 is 17.9 Å². The number of hydrogen-bond donors (Lipinski definition) is 0. The zero-order valence-corrected chi connectivity index (χ0v) is 14.5. The van der Waals surface area contributed by atoms with Gasteiger partial charge >= 0.3 is 5.97 Å². The van der Waals surface area contributed by atoms with Crippen LogP contribution in [0.4, 0.5) is 0 Å². The number of ether oxygens (including phenoxy) is 1. The number of aryl methyl sites for hydroxylation is 1. The quantitative estimate of drug-likeness (QED) is 0.618. The lowest BCUT2D eigenvalue weighted by Crippen LogP contribution is -2.44. The van der Waals surface area contributed by atoms with E-state index in [0.29, 0.717) is 6.42 Å². The highest BCUT2D eigenvalue weighted by Crippen LogP contribution is 2.35. The number of esters is 1. The Balaban J connectivity index is 2.01. The van der Waals surface area contributed by atoms with E-state index >= 15 is 0 Å². The van der Waals surface area contributed by atoms with E-state index in [4.69, 9.17) is 4.74 Å². The Labute approximate surface area is 141 Å². The highest BCUT2D eigenvalue weighted by molar-refractivity contribution is 7.89. The van der Waals surface area contributed by atoms with Crippen LogP contribution in [0.2, 0.25) is 0 Å². The summed E-state index contributed by atoms with van der Waals surface area (Å²) in [6.07, 6.45) is 4.94. The molecule has 24 heavy (non-hydrogen) atoms. The number of nitrogens with zero attached hydrogens (tertiary/aromatic N) is 2. The van der Waals surface area contributed by atoms with Gasteiger partial charge in [-0.2, -0.15) is 17.9 Å². The number of hydrazone groups is 1. The fourth-order valence-electron chi connectivity index (χ4n) is 2.99. The predicted molar refractivity (Wildman–Crippen MR) is 89.9 cm³/mol. The van der Waals surface area contributed by atoms with Crippen molar-refractivity contribution in [3.63, 3.8) is 0 Å². The van der Waals surface area contributed by atoms with Crippen molar-refractivity contribution in [2.75, 3.05) is 6.61 Å². The van der Waals surface area contributed by atoms with E-state index < -0.39 is 16.0 Å². The fraction of sp³-hybridized carbons (Fsp3) is 0.412. The van der Waals surface area contributed by atoms with Crippen molar-refractivity contribution in [3.8, 4) is 0 Å². The number of benzene rings is 1. The zero-order chi connectivity index (χ0) is 17.3. The first-order chi connectivity index (χ1) is 11.4. The Bertz CT molecular complexity index is 796. The van der Waals surface area contributed by atoms with Crippen molar-refractivity contribution in [2.45, 2.75) is 37.6 Å². The van der Waals surface area contributed by atoms with Gasteiger partial charge < -0.3 is 4.74 Å². The van der Waals surface area contributed by atoms with Crippen LogP contribution < -0.4 is 0 Å². The minimum Gasteiger partial charge on any atom is -0.461 e. The maximum atomic E-state index is 13.0. The van der Waals surface area contributed by atoms with Gasteiger partial charge in [0.1, 0.15) is 5.71 Å². The molecule has 1 aromatic rings. The van der Waals surface area contributed by atoms with Gasteiger partial charge in [-0.25, -0.2) is 4.79 Å². The molecule has 0 radical (unpaired) electrons. The second-order valence-corrected chi connectivity index (χ2v) is 7.77. The van der Waals surface area contributed by atoms with E-state index in [1.165, 1.54) is 0 Å². The summed E-state index contributed by atoms with van der Waals surface area (Å²) in [6.45, 7) is 3.83. The maximum absolute atomic E-state index is 13.0. The van der Waals surface area contributed by atoms with Gasteiger partial charge in [0.15, 0.2) is 0 Å². The van der Waals surface area contributed by atoms with Gasteiger partial charge in [-0.3, -0.25) is 0 Å². The number of carbonyl (C=O) groups excluding carboxylic acids is 1. The van der Waals surface area contributed by atoms with E-state index in [1.807, 2.05) is 19.1 Å². The Morgan fingerprint density at radius 3 is 2.71 bits per heavy atom. The molecule has 0 bridgehead atoms. The molecule has 0 fully saturated rings. The normalized spacial score (nSPS) is 22.9. The number of sulfonamides is 1. The summed E-state index contributed by atoms with van der Waals surface area (Å²) in [5.41, 5.74) is 1.14. The second kappa shape index (κ2) is 6.39. The number of rotatable bonds is 4. The molecule has 1 aliphatic carbocycles. The van der Waals surface area contributed by atoms with Crippen LogP contribution in [0.3, 0.4) is 0 Å². The third kappa shape index (κ3) is 2.96. The Morgan fingerprint density at radius 2 is 2.04 bits per heavy atom. The van der Waals surface area contributed by atoms with E-state index in [9.17, 15) is 13.2 Å². The summed E-state index contributed by atoms with van der Waals surface area (Å²) < 4.78 is 32.1. The van der Waals surface area contributed by atoms with Crippen molar-refractivity contribution in [2.24, 2.45) is 11.0 Å². The molecule has 0 amide bonds. The molecule has 2 aliphatic rings. The molecule has 0 N–H and O–H groups in total. The zero-order valence-electron chi connectivity index (χ0n) is 13.7. The van der Waals surface area contributed by atoms with Crippen LogP contribution in [0.15, 0.2) is 46.4 Å². The Morgan fingerprint density at radius 1 is 1.33 bits per heavy atom. The maximum Gasteiger partial charge on any atom is 0.354 e. The SMILES string of the molecule is CCOC(=O)C1=NN(S(=O)(=O)c2ccc(C)cc2)[C@@H]2C=CC[C@@H]2C1. The van der Waals surface area contributed by atoms with Gasteiger partial charge in [-0.1, -0.05) is 29.8 Å². The first-order valence-corrected chi connectivity index (χ1v) is 9.40. The molecule has 2 atom stereocenters. The summed E-state index contributed by atoms with van der Waals surface area (Å²) in [5.74, 6) is -0.533. The molecular weight excluding hydrogens is 328 g/mol. The minimum atomic E-state index is -3.83. The molecule has 0 unspecified atom stereocenters. The van der Waals surface area contributed by atoms with Gasteiger partial charge in [-0.15, -0.1) is 0 Å². The molecule has 3 rings (SSSR count). The van der Waals surface area contributed by atoms with Crippen LogP contribution in [0, 0.1) is 12.8 Å². The van der Waals surface area contributed by atoms with E-state index in [-0.39, 0.29) is 29.2 Å². The molecule has 1 heterocycles. The minimum absolute atomic E-state index is 0.0159. The standard InChI is InChI=1S/C17H20N2O4S/c1-3-23-17(20)15-11-13-5-4-6-16(13)19(18-15)24(21,22)14-9-7-12(2)8-10-14/h4,6-10,13,16H,3,5,11H2,1-2H3/t13-,16-/m1/s1. The molecule has 1 aliphatic heterocycles. The Hall–Kier alpha value is -2.15. The lowest BCUT2D eigenvalue weighted by Gasteiger charge is -2.33. The lowest BCUT2D eigenvalue weighted by atomic mass is 9.95. The molecule has 0 saturated carbocycles. The average molecular weight is 348 g/mol. The van der Waals surface area contributed by atoms with Gasteiger partial charge in [0.05, 0.1) is 17.5 Å². The molecule has 0 saturated heterocycles. The molecule has 7 heteroatoms. The smallest absolute Gasteiger partial charge is 0.354 e. The van der Waals surface area contributed by atoms with Gasteiger partial charge in [0.2, 0.25) is 0 Å². The van der Waals surface area contributed by atoms with Crippen LogP contribution >= 0.6 is 0 Å². The molecule has 6 nitrogen and oxygen atoms in total. The highest BCUT2D eigenvalue weighted by atomic mass is 32.2. The van der Waals surface area contributed by atoms with Gasteiger partial charge in [0.25, 0.3) is 10.0 Å². The van der Waals surface area contributed by atoms with Gasteiger partial charge in [-0.05, 0) is 38.3 Å². The van der Waals surface area contributed by atoms with Crippen LogP contribution in [-0.4, -0.2) is 37.2 Å². The van der Waals surface area contributed by atoms with Crippen molar-refractivity contribution in [3.05, 3.63) is 42.0 Å². The number of allylic oxidation sites excluding steroid dienone is 1. The number of carbonyl (C=O) groups is 1. The fourth-order valence-corrected chi connectivity index (χ4v) is 4.46. The first kappa shape index (κ1) is 16.7. The molecule has 1 aromatic carbocycles. The van der Waals surface area contributed by atoms with Crippen molar-refractivity contribution in [1.82, 2.24) is 4.41 Å². The van der Waals surface area contributed by atoms with Crippen LogP contribution in [0.1, 0.15) is 25.3 Å². The Kier molecular flexibility index (Phi) is 4.45. The largest absolute Gasteiger partial charge is 0.461 e. The number of fused-ring (bicyclic) bond motifs is 1. The first-order valence-electron chi connectivity index (χ1n) is 7.96. The summed E-state index contributed by atoms with van der Waals surface area (Å²) in [7, 11) is -3.83. The van der Waals surface area contributed by atoms with Gasteiger partial charge in [0, 0.05) is 6.42 Å². The van der Waals surface area contributed by atoms with E-state index in [2.05, 4.69) is 5.10 Å². The van der Waals surface area contributed by atoms with Crippen molar-refractivity contribution >= 4 is 21.7 Å². The second-order valence-electron chi connectivity index (χ2n) is 5.98.